The first-order chi connectivity index (χ1) is 12.8. The number of aryl methyl sites for hydroxylation is 1. The largest absolute Gasteiger partial charge is 0.349 e. The van der Waals surface area contributed by atoms with Crippen LogP contribution in [-0.4, -0.2) is 61.9 Å². The molecule has 0 radical (unpaired) electrons. The van der Waals surface area contributed by atoms with Gasteiger partial charge in [0.2, 0.25) is 11.8 Å². The summed E-state index contributed by atoms with van der Waals surface area (Å²) in [5.41, 5.74) is 3.05. The molecule has 0 aliphatic carbocycles. The van der Waals surface area contributed by atoms with Crippen LogP contribution in [0.15, 0.2) is 18.2 Å². The van der Waals surface area contributed by atoms with Crippen molar-refractivity contribution in [2.75, 3.05) is 45.2 Å². The molecule has 0 aromatic heterocycles. The molecule has 0 saturated carbocycles. The molecule has 1 atom stereocenters. The van der Waals surface area contributed by atoms with Gasteiger partial charge < -0.3 is 9.80 Å². The summed E-state index contributed by atoms with van der Waals surface area (Å²) in [6, 6.07) is 8.04. The van der Waals surface area contributed by atoms with Gasteiger partial charge >= 0.3 is 0 Å². The fourth-order valence-electron chi connectivity index (χ4n) is 3.61. The molecule has 1 heterocycles. The number of carbonyl (C=O) groups is 2. The zero-order valence-corrected chi connectivity index (χ0v) is 16.9. The number of likely N-dealkylation sites (tertiary alicyclic amines) is 1. The highest BCUT2D eigenvalue weighted by atomic mass is 16.2. The molecule has 146 valence electrons. The smallest absolute Gasteiger partial charge is 0.241 e. The second kappa shape index (κ2) is 9.52. The molecular weight excluding hydrogens is 340 g/mol. The van der Waals surface area contributed by atoms with E-state index in [9.17, 15) is 9.59 Å². The maximum Gasteiger partial charge on any atom is 0.241 e. The van der Waals surface area contributed by atoms with Gasteiger partial charge in [-0.1, -0.05) is 12.1 Å². The highest BCUT2D eigenvalue weighted by molar-refractivity contribution is 5.95. The van der Waals surface area contributed by atoms with Crippen molar-refractivity contribution in [2.45, 2.75) is 33.1 Å². The molecule has 1 unspecified atom stereocenters. The molecular formula is C21H30N4O2. The number of anilines is 1. The van der Waals surface area contributed by atoms with E-state index >= 15 is 0 Å². The van der Waals surface area contributed by atoms with Crippen LogP contribution >= 0.6 is 0 Å². The van der Waals surface area contributed by atoms with E-state index in [0.717, 1.165) is 36.2 Å². The lowest BCUT2D eigenvalue weighted by Gasteiger charge is -2.34. The SMILES string of the molecule is Cc1cccc(N(CCC#N)C(=O)CN2CCCC(C(=O)N(C)C)C2)c1C. The minimum atomic E-state index is -0.0465. The molecule has 0 spiro atoms. The molecule has 2 amide bonds. The predicted molar refractivity (Wildman–Crippen MR) is 106 cm³/mol. The van der Waals surface area contributed by atoms with E-state index in [1.807, 2.05) is 32.0 Å². The number of nitriles is 1. The molecule has 1 aromatic rings. The summed E-state index contributed by atoms with van der Waals surface area (Å²) in [6.45, 7) is 6.12. The Balaban J connectivity index is 2.13. The normalized spacial score (nSPS) is 17.2. The Bertz CT molecular complexity index is 723. The first-order valence-electron chi connectivity index (χ1n) is 9.52. The third-order valence-corrected chi connectivity index (χ3v) is 5.27. The van der Waals surface area contributed by atoms with Crippen molar-refractivity contribution in [3.63, 3.8) is 0 Å². The molecule has 6 heteroatoms. The number of hydrogen-bond donors (Lipinski definition) is 0. The Morgan fingerprint density at radius 2 is 2.04 bits per heavy atom. The third-order valence-electron chi connectivity index (χ3n) is 5.27. The van der Waals surface area contributed by atoms with Gasteiger partial charge in [0.05, 0.1) is 25.0 Å². The lowest BCUT2D eigenvalue weighted by molar-refractivity contribution is -0.135. The zero-order chi connectivity index (χ0) is 20.0. The quantitative estimate of drug-likeness (QED) is 0.771. The van der Waals surface area contributed by atoms with Crippen molar-refractivity contribution >= 4 is 17.5 Å². The predicted octanol–water partition coefficient (Wildman–Crippen LogP) is 2.35. The summed E-state index contributed by atoms with van der Waals surface area (Å²) in [4.78, 5) is 30.8. The number of carbonyl (C=O) groups excluding carboxylic acids is 2. The molecule has 27 heavy (non-hydrogen) atoms. The fourth-order valence-corrected chi connectivity index (χ4v) is 3.61. The van der Waals surface area contributed by atoms with Crippen LogP contribution in [0.2, 0.25) is 0 Å². The molecule has 0 N–H and O–H groups in total. The monoisotopic (exact) mass is 370 g/mol. The van der Waals surface area contributed by atoms with E-state index in [2.05, 4.69) is 11.0 Å². The van der Waals surface area contributed by atoms with E-state index in [1.54, 1.807) is 23.9 Å². The molecule has 1 fully saturated rings. The van der Waals surface area contributed by atoms with Gasteiger partial charge in [0, 0.05) is 32.9 Å². The second-order valence-corrected chi connectivity index (χ2v) is 7.48. The standard InChI is InChI=1S/C21H30N4O2/c1-16-8-5-10-19(17(16)2)25(13-7-11-22)20(26)15-24-12-6-9-18(14-24)21(27)23(3)4/h5,8,10,18H,6-7,9,12-15H2,1-4H3. The third kappa shape index (κ3) is 5.30. The van der Waals surface area contributed by atoms with Crippen molar-refractivity contribution in [3.8, 4) is 6.07 Å². The van der Waals surface area contributed by atoms with Crippen molar-refractivity contribution < 1.29 is 9.59 Å². The number of hydrogen-bond acceptors (Lipinski definition) is 4. The molecule has 0 bridgehead atoms. The second-order valence-electron chi connectivity index (χ2n) is 7.48. The highest BCUT2D eigenvalue weighted by Gasteiger charge is 2.29. The summed E-state index contributed by atoms with van der Waals surface area (Å²) in [6.07, 6.45) is 2.08. The first kappa shape index (κ1) is 20.9. The minimum Gasteiger partial charge on any atom is -0.349 e. The Kier molecular flexibility index (Phi) is 7.37. The number of amides is 2. The molecule has 1 saturated heterocycles. The van der Waals surface area contributed by atoms with Gasteiger partial charge in [0.1, 0.15) is 0 Å². The molecule has 1 aliphatic heterocycles. The van der Waals surface area contributed by atoms with E-state index in [4.69, 9.17) is 5.26 Å². The lowest BCUT2D eigenvalue weighted by atomic mass is 9.96. The molecule has 1 aliphatic rings. The minimum absolute atomic E-state index is 0.0168. The summed E-state index contributed by atoms with van der Waals surface area (Å²) in [7, 11) is 3.55. The summed E-state index contributed by atoms with van der Waals surface area (Å²) < 4.78 is 0. The average molecular weight is 370 g/mol. The lowest BCUT2D eigenvalue weighted by Crippen LogP contribution is -2.47. The molecule has 6 nitrogen and oxygen atoms in total. The summed E-state index contributed by atoms with van der Waals surface area (Å²) >= 11 is 0. The number of rotatable bonds is 6. The Morgan fingerprint density at radius 3 is 2.70 bits per heavy atom. The van der Waals surface area contributed by atoms with Gasteiger partial charge in [-0.25, -0.2) is 0 Å². The van der Waals surface area contributed by atoms with Crippen LogP contribution in [0.3, 0.4) is 0 Å². The van der Waals surface area contributed by atoms with Crippen LogP contribution in [-0.2, 0) is 9.59 Å². The van der Waals surface area contributed by atoms with Gasteiger partial charge in [0.25, 0.3) is 0 Å². The van der Waals surface area contributed by atoms with Crippen molar-refractivity contribution in [1.82, 2.24) is 9.80 Å². The fraction of sp³-hybridized carbons (Fsp3) is 0.571. The van der Waals surface area contributed by atoms with Gasteiger partial charge in [-0.15, -0.1) is 0 Å². The van der Waals surface area contributed by atoms with Gasteiger partial charge in [-0.05, 0) is 50.4 Å². The summed E-state index contributed by atoms with van der Waals surface area (Å²) in [5.74, 6) is 0.0646. The maximum atomic E-state index is 13.1. The molecule has 1 aromatic carbocycles. The Morgan fingerprint density at radius 1 is 1.30 bits per heavy atom. The number of nitrogens with zero attached hydrogens (tertiary/aromatic N) is 4. The topological polar surface area (TPSA) is 67.6 Å². The summed E-state index contributed by atoms with van der Waals surface area (Å²) in [5, 5.41) is 9.00. The number of benzene rings is 1. The van der Waals surface area contributed by atoms with E-state index in [0.29, 0.717) is 19.5 Å². The Hall–Kier alpha value is -2.39. The van der Waals surface area contributed by atoms with Gasteiger partial charge in [-0.2, -0.15) is 5.26 Å². The Labute approximate surface area is 162 Å². The van der Waals surface area contributed by atoms with Crippen LogP contribution in [0.1, 0.15) is 30.4 Å². The molecule has 2 rings (SSSR count). The van der Waals surface area contributed by atoms with E-state index in [-0.39, 0.29) is 24.3 Å². The first-order valence-corrected chi connectivity index (χ1v) is 9.52. The van der Waals surface area contributed by atoms with Crippen molar-refractivity contribution in [1.29, 1.82) is 5.26 Å². The van der Waals surface area contributed by atoms with Crippen LogP contribution < -0.4 is 4.90 Å². The van der Waals surface area contributed by atoms with Crippen LogP contribution in [0.4, 0.5) is 5.69 Å². The van der Waals surface area contributed by atoms with E-state index < -0.39 is 0 Å². The van der Waals surface area contributed by atoms with Gasteiger partial charge in [0.15, 0.2) is 0 Å². The van der Waals surface area contributed by atoms with Crippen LogP contribution in [0.5, 0.6) is 0 Å². The zero-order valence-electron chi connectivity index (χ0n) is 16.9. The highest BCUT2D eigenvalue weighted by Crippen LogP contribution is 2.24. The van der Waals surface area contributed by atoms with Crippen LogP contribution in [0, 0.1) is 31.1 Å². The van der Waals surface area contributed by atoms with Crippen LogP contribution in [0.25, 0.3) is 0 Å². The van der Waals surface area contributed by atoms with Gasteiger partial charge in [-0.3, -0.25) is 14.5 Å². The maximum absolute atomic E-state index is 13.1. The number of piperidine rings is 1. The van der Waals surface area contributed by atoms with Crippen molar-refractivity contribution in [2.24, 2.45) is 5.92 Å². The average Bonchev–Trinajstić information content (AvgIpc) is 2.64. The van der Waals surface area contributed by atoms with Crippen molar-refractivity contribution in [3.05, 3.63) is 29.3 Å². The van der Waals surface area contributed by atoms with E-state index in [1.165, 1.54) is 0 Å².